The van der Waals surface area contributed by atoms with Crippen LogP contribution in [-0.4, -0.2) is 35.3 Å². The Balaban J connectivity index is 1.77. The molecule has 0 unspecified atom stereocenters. The molecule has 0 atom stereocenters. The van der Waals surface area contributed by atoms with Gasteiger partial charge in [0.25, 0.3) is 5.91 Å². The first kappa shape index (κ1) is 22.9. The zero-order valence-electron chi connectivity index (χ0n) is 17.4. The molecule has 6 nitrogen and oxygen atoms in total. The van der Waals surface area contributed by atoms with Crippen LogP contribution in [0.15, 0.2) is 54.6 Å². The second kappa shape index (κ2) is 10.5. The number of aldehydes is 1. The Hall–Kier alpha value is -3.81. The summed E-state index contributed by atoms with van der Waals surface area (Å²) in [6.07, 6.45) is 0.910. The van der Waals surface area contributed by atoms with E-state index in [1.54, 1.807) is 24.3 Å². The summed E-state index contributed by atoms with van der Waals surface area (Å²) in [5.74, 6) is -1.81. The Labute approximate surface area is 183 Å². The maximum atomic E-state index is 13.4. The van der Waals surface area contributed by atoms with Gasteiger partial charge in [0, 0.05) is 31.3 Å². The largest absolute Gasteiger partial charge is 0.354 e. The Kier molecular flexibility index (Phi) is 7.49. The van der Waals surface area contributed by atoms with Gasteiger partial charge in [0.05, 0.1) is 6.42 Å². The molecule has 0 aliphatic rings. The van der Waals surface area contributed by atoms with Crippen LogP contribution in [0, 0.1) is 11.6 Å². The second-order valence-corrected chi connectivity index (χ2v) is 7.16. The van der Waals surface area contributed by atoms with E-state index in [1.165, 1.54) is 31.3 Å². The monoisotopic (exact) mass is 440 g/mol. The molecule has 8 heteroatoms. The van der Waals surface area contributed by atoms with Gasteiger partial charge in [-0.15, -0.1) is 0 Å². The number of nitrogens with one attached hydrogen (secondary N) is 1. The van der Waals surface area contributed by atoms with E-state index in [0.717, 1.165) is 21.8 Å². The summed E-state index contributed by atoms with van der Waals surface area (Å²) >= 11 is 0. The van der Waals surface area contributed by atoms with E-state index >= 15 is 0 Å². The first-order valence-corrected chi connectivity index (χ1v) is 10.0. The van der Waals surface area contributed by atoms with Crippen molar-refractivity contribution in [3.05, 3.63) is 71.8 Å². The third-order valence-corrected chi connectivity index (χ3v) is 4.85. The van der Waals surface area contributed by atoms with Crippen LogP contribution in [0.4, 0.5) is 8.78 Å². The van der Waals surface area contributed by atoms with E-state index < -0.39 is 11.9 Å². The molecule has 3 aromatic rings. The lowest BCUT2D eigenvalue weighted by Crippen LogP contribution is -2.29. The van der Waals surface area contributed by atoms with Gasteiger partial charge in [-0.3, -0.25) is 4.79 Å². The molecule has 32 heavy (non-hydrogen) atoms. The molecule has 0 aliphatic carbocycles. The minimum Gasteiger partial charge on any atom is -0.354 e. The lowest BCUT2D eigenvalue weighted by molar-refractivity contribution is -0.192. The Morgan fingerprint density at radius 3 is 2.16 bits per heavy atom. The number of aromatic nitrogens is 1. The van der Waals surface area contributed by atoms with Crippen LogP contribution in [0.25, 0.3) is 22.5 Å². The average Bonchev–Trinajstić information content (AvgIpc) is 3.21. The van der Waals surface area contributed by atoms with Gasteiger partial charge in [0.1, 0.15) is 17.9 Å². The number of nitrogens with zero attached hydrogens (tertiary/aromatic N) is 1. The lowest BCUT2D eigenvalue weighted by Gasteiger charge is -2.15. The average molecular weight is 440 g/mol. The third-order valence-electron chi connectivity index (χ3n) is 4.85. The number of carbonyl (C=O) groups is 3. The van der Waals surface area contributed by atoms with Crippen LogP contribution >= 0.6 is 0 Å². The third kappa shape index (κ3) is 5.87. The number of carbonyl (C=O) groups excluding carboxylic acids is 3. The standard InChI is InChI=1S/C24H22F2N2O4/c1-28(22(30)3-2-14-29)32-23(31)13-8-18-15-21(16-4-9-19(25)10-5-16)27-24(18)17-6-11-20(26)12-7-17/h4-7,9-12,14-15,27H,2-3,8,13H2,1H3. The minimum atomic E-state index is -0.610. The number of hydrogen-bond donors (Lipinski definition) is 1. The van der Waals surface area contributed by atoms with Crippen molar-refractivity contribution in [3.63, 3.8) is 0 Å². The van der Waals surface area contributed by atoms with E-state index in [-0.39, 0.29) is 30.9 Å². The molecule has 0 saturated heterocycles. The molecule has 0 radical (unpaired) electrons. The highest BCUT2D eigenvalue weighted by molar-refractivity contribution is 5.80. The first-order valence-electron chi connectivity index (χ1n) is 10.0. The number of rotatable bonds is 8. The van der Waals surface area contributed by atoms with Gasteiger partial charge in [-0.2, -0.15) is 5.06 Å². The molecule has 0 aliphatic heterocycles. The number of amides is 1. The van der Waals surface area contributed by atoms with E-state index in [1.807, 2.05) is 6.07 Å². The second-order valence-electron chi connectivity index (χ2n) is 7.16. The van der Waals surface area contributed by atoms with E-state index in [0.29, 0.717) is 24.1 Å². The fourth-order valence-corrected chi connectivity index (χ4v) is 3.18. The molecule has 0 saturated carbocycles. The van der Waals surface area contributed by atoms with Crippen molar-refractivity contribution in [3.8, 4) is 22.5 Å². The predicted octanol–water partition coefficient (Wildman–Crippen LogP) is 4.46. The molecule has 1 aromatic heterocycles. The predicted molar refractivity (Wildman–Crippen MR) is 114 cm³/mol. The van der Waals surface area contributed by atoms with Crippen LogP contribution in [-0.2, 0) is 25.6 Å². The summed E-state index contributed by atoms with van der Waals surface area (Å²) in [7, 11) is 1.32. The van der Waals surface area contributed by atoms with E-state index in [9.17, 15) is 23.2 Å². The van der Waals surface area contributed by atoms with Crippen LogP contribution in [0.2, 0.25) is 0 Å². The summed E-state index contributed by atoms with van der Waals surface area (Å²) in [6, 6.07) is 13.7. The summed E-state index contributed by atoms with van der Waals surface area (Å²) < 4.78 is 26.7. The molecule has 0 fully saturated rings. The molecular weight excluding hydrogens is 418 g/mol. The first-order chi connectivity index (χ1) is 15.4. The summed E-state index contributed by atoms with van der Waals surface area (Å²) in [4.78, 5) is 42.7. The number of benzene rings is 2. The van der Waals surface area contributed by atoms with E-state index in [2.05, 4.69) is 4.98 Å². The highest BCUT2D eigenvalue weighted by Crippen LogP contribution is 2.30. The van der Waals surface area contributed by atoms with Crippen LogP contribution in [0.1, 0.15) is 24.8 Å². The van der Waals surface area contributed by atoms with Crippen molar-refractivity contribution in [1.82, 2.24) is 10.0 Å². The van der Waals surface area contributed by atoms with Crippen LogP contribution in [0.5, 0.6) is 0 Å². The van der Waals surface area contributed by atoms with Gasteiger partial charge in [-0.05, 0) is 77.7 Å². The van der Waals surface area contributed by atoms with Crippen molar-refractivity contribution in [1.29, 1.82) is 0 Å². The van der Waals surface area contributed by atoms with Gasteiger partial charge in [0.15, 0.2) is 0 Å². The fourth-order valence-electron chi connectivity index (χ4n) is 3.18. The lowest BCUT2D eigenvalue weighted by atomic mass is 10.0. The highest BCUT2D eigenvalue weighted by atomic mass is 19.1. The topological polar surface area (TPSA) is 79.5 Å². The zero-order chi connectivity index (χ0) is 23.1. The number of hydroxylamine groups is 2. The number of halogens is 2. The number of aryl methyl sites for hydroxylation is 1. The number of aromatic amines is 1. The maximum absolute atomic E-state index is 13.4. The van der Waals surface area contributed by atoms with Crippen molar-refractivity contribution in [2.24, 2.45) is 0 Å². The Morgan fingerprint density at radius 2 is 1.56 bits per heavy atom. The normalized spacial score (nSPS) is 10.6. The smallest absolute Gasteiger partial charge is 0.332 e. The molecular formula is C24H22F2N2O4. The Bertz CT molecular complexity index is 1090. The molecule has 1 amide bonds. The van der Waals surface area contributed by atoms with Crippen LogP contribution in [0.3, 0.4) is 0 Å². The van der Waals surface area contributed by atoms with Gasteiger partial charge in [-0.1, -0.05) is 0 Å². The number of H-pyrrole nitrogens is 1. The van der Waals surface area contributed by atoms with Gasteiger partial charge >= 0.3 is 5.97 Å². The molecule has 3 rings (SSSR count). The fraction of sp³-hybridized carbons (Fsp3) is 0.208. The minimum absolute atomic E-state index is 0.0137. The van der Waals surface area contributed by atoms with Crippen molar-refractivity contribution in [2.45, 2.75) is 25.7 Å². The summed E-state index contributed by atoms with van der Waals surface area (Å²) in [5, 5.41) is 0.827. The SMILES string of the molecule is CN(OC(=O)CCc1cc(-c2ccc(F)cc2)[nH]c1-c1ccc(F)cc1)C(=O)CCC=O. The number of hydrogen-bond acceptors (Lipinski definition) is 4. The van der Waals surface area contributed by atoms with Gasteiger partial charge in [-0.25, -0.2) is 13.6 Å². The highest BCUT2D eigenvalue weighted by Gasteiger charge is 2.17. The van der Waals surface area contributed by atoms with Crippen molar-refractivity contribution in [2.75, 3.05) is 7.05 Å². The van der Waals surface area contributed by atoms with Gasteiger partial charge in [0.2, 0.25) is 0 Å². The van der Waals surface area contributed by atoms with Crippen molar-refractivity contribution >= 4 is 18.2 Å². The van der Waals surface area contributed by atoms with Gasteiger partial charge < -0.3 is 14.6 Å². The van der Waals surface area contributed by atoms with E-state index in [4.69, 9.17) is 4.84 Å². The summed E-state index contributed by atoms with van der Waals surface area (Å²) in [5.41, 5.74) is 3.68. The zero-order valence-corrected chi connectivity index (χ0v) is 17.4. The molecule has 1 heterocycles. The van der Waals surface area contributed by atoms with Crippen LogP contribution < -0.4 is 0 Å². The molecule has 0 spiro atoms. The van der Waals surface area contributed by atoms with Crippen molar-refractivity contribution < 1.29 is 28.0 Å². The summed E-state index contributed by atoms with van der Waals surface area (Å²) in [6.45, 7) is 0. The maximum Gasteiger partial charge on any atom is 0.332 e. The molecule has 2 aromatic carbocycles. The molecule has 166 valence electrons. The molecule has 1 N–H and O–H groups in total. The Morgan fingerprint density at radius 1 is 0.969 bits per heavy atom. The molecule has 0 bridgehead atoms. The quantitative estimate of drug-likeness (QED) is 0.415.